The Kier molecular flexibility index (Phi) is 5.66. The van der Waals surface area contributed by atoms with Gasteiger partial charge in [-0.25, -0.2) is 4.68 Å². The maximum absolute atomic E-state index is 12.6. The zero-order valence-corrected chi connectivity index (χ0v) is 14.6. The van der Waals surface area contributed by atoms with E-state index in [4.69, 9.17) is 0 Å². The topological polar surface area (TPSA) is 58.4 Å². The molecule has 1 amide bonds. The van der Waals surface area contributed by atoms with E-state index >= 15 is 0 Å². The van der Waals surface area contributed by atoms with Crippen LogP contribution in [0.3, 0.4) is 0 Å². The molecule has 1 aliphatic carbocycles. The lowest BCUT2D eigenvalue weighted by molar-refractivity contribution is 0.0751. The quantitative estimate of drug-likeness (QED) is 0.842. The van der Waals surface area contributed by atoms with Crippen molar-refractivity contribution in [3.8, 4) is 0 Å². The standard InChI is InChI=1S/C18H28N4O2/c1-20-17(23)9-8-16(19-20)18(24)22-11-5-10-21(12-13-22)14-15-6-3-2-4-7-15/h8-9,15H,2-7,10-14H2,1H3. The van der Waals surface area contributed by atoms with Crippen molar-refractivity contribution in [2.75, 3.05) is 32.7 Å². The molecule has 0 radical (unpaired) electrons. The Bertz CT molecular complexity index is 622. The third-order valence-corrected chi connectivity index (χ3v) is 5.30. The third kappa shape index (κ3) is 4.23. The van der Waals surface area contributed by atoms with Gasteiger partial charge in [-0.1, -0.05) is 19.3 Å². The lowest BCUT2D eigenvalue weighted by Gasteiger charge is -2.28. The second-order valence-electron chi connectivity index (χ2n) is 7.13. The fraction of sp³-hybridized carbons (Fsp3) is 0.722. The van der Waals surface area contributed by atoms with Crippen LogP contribution >= 0.6 is 0 Å². The first kappa shape index (κ1) is 17.1. The van der Waals surface area contributed by atoms with Crippen molar-refractivity contribution in [2.45, 2.75) is 38.5 Å². The van der Waals surface area contributed by atoms with Crippen LogP contribution in [0, 0.1) is 5.92 Å². The van der Waals surface area contributed by atoms with E-state index in [0.717, 1.165) is 38.5 Å². The predicted octanol–water partition coefficient (Wildman–Crippen LogP) is 1.51. The largest absolute Gasteiger partial charge is 0.336 e. The molecule has 0 spiro atoms. The van der Waals surface area contributed by atoms with Gasteiger partial charge < -0.3 is 9.80 Å². The van der Waals surface area contributed by atoms with Crippen LogP contribution in [-0.4, -0.2) is 58.2 Å². The first-order valence-electron chi connectivity index (χ1n) is 9.19. The highest BCUT2D eigenvalue weighted by atomic mass is 16.2. The molecule has 2 aliphatic rings. The number of carbonyl (C=O) groups excluding carboxylic acids is 1. The summed E-state index contributed by atoms with van der Waals surface area (Å²) in [5.74, 6) is 0.774. The van der Waals surface area contributed by atoms with Gasteiger partial charge in [0, 0.05) is 39.3 Å². The SMILES string of the molecule is Cn1nc(C(=O)N2CCCN(CC3CCCCC3)CC2)ccc1=O. The lowest BCUT2D eigenvalue weighted by atomic mass is 9.89. The van der Waals surface area contributed by atoms with Crippen LogP contribution in [0.2, 0.25) is 0 Å². The Morgan fingerprint density at radius 1 is 1.08 bits per heavy atom. The second kappa shape index (κ2) is 7.92. The number of hydrogen-bond donors (Lipinski definition) is 0. The van der Waals surface area contributed by atoms with Crippen LogP contribution in [0.5, 0.6) is 0 Å². The molecule has 0 unspecified atom stereocenters. The molecular formula is C18H28N4O2. The highest BCUT2D eigenvalue weighted by molar-refractivity contribution is 5.92. The predicted molar refractivity (Wildman–Crippen MR) is 93.0 cm³/mol. The van der Waals surface area contributed by atoms with Crippen LogP contribution in [-0.2, 0) is 7.05 Å². The molecule has 1 saturated heterocycles. The van der Waals surface area contributed by atoms with Crippen molar-refractivity contribution in [1.82, 2.24) is 19.6 Å². The minimum atomic E-state index is -0.193. The smallest absolute Gasteiger partial charge is 0.274 e. The van der Waals surface area contributed by atoms with Gasteiger partial charge >= 0.3 is 0 Å². The third-order valence-electron chi connectivity index (χ3n) is 5.30. The number of nitrogens with zero attached hydrogens (tertiary/aromatic N) is 4. The zero-order valence-electron chi connectivity index (χ0n) is 14.6. The summed E-state index contributed by atoms with van der Waals surface area (Å²) >= 11 is 0. The highest BCUT2D eigenvalue weighted by Gasteiger charge is 2.23. The maximum atomic E-state index is 12.6. The fourth-order valence-corrected chi connectivity index (χ4v) is 3.87. The fourth-order valence-electron chi connectivity index (χ4n) is 3.87. The zero-order chi connectivity index (χ0) is 16.9. The van der Waals surface area contributed by atoms with Gasteiger partial charge in [-0.15, -0.1) is 0 Å². The molecule has 6 nitrogen and oxygen atoms in total. The molecule has 1 saturated carbocycles. The molecule has 24 heavy (non-hydrogen) atoms. The van der Waals surface area contributed by atoms with Crippen molar-refractivity contribution in [3.05, 3.63) is 28.2 Å². The molecule has 0 N–H and O–H groups in total. The molecule has 0 atom stereocenters. The Balaban J connectivity index is 1.57. The van der Waals surface area contributed by atoms with E-state index in [-0.39, 0.29) is 11.5 Å². The van der Waals surface area contributed by atoms with Crippen LogP contribution in [0.4, 0.5) is 0 Å². The van der Waals surface area contributed by atoms with Crippen molar-refractivity contribution >= 4 is 5.91 Å². The van der Waals surface area contributed by atoms with E-state index in [2.05, 4.69) is 10.00 Å². The summed E-state index contributed by atoms with van der Waals surface area (Å²) in [5, 5.41) is 4.09. The number of aryl methyl sites for hydroxylation is 1. The Morgan fingerprint density at radius 3 is 2.62 bits per heavy atom. The van der Waals surface area contributed by atoms with E-state index in [1.54, 1.807) is 7.05 Å². The summed E-state index contributed by atoms with van der Waals surface area (Å²) in [6, 6.07) is 2.95. The molecule has 1 aromatic rings. The normalized spacial score (nSPS) is 20.8. The van der Waals surface area contributed by atoms with Crippen molar-refractivity contribution in [2.24, 2.45) is 13.0 Å². The second-order valence-corrected chi connectivity index (χ2v) is 7.13. The lowest BCUT2D eigenvalue weighted by Crippen LogP contribution is -2.37. The van der Waals surface area contributed by atoms with Gasteiger partial charge in [0.15, 0.2) is 0 Å². The average Bonchev–Trinajstić information content (AvgIpc) is 2.83. The van der Waals surface area contributed by atoms with E-state index in [1.807, 2.05) is 4.90 Å². The van der Waals surface area contributed by atoms with Crippen LogP contribution in [0.15, 0.2) is 16.9 Å². The monoisotopic (exact) mass is 332 g/mol. The van der Waals surface area contributed by atoms with Gasteiger partial charge in [0.05, 0.1) is 0 Å². The molecular weight excluding hydrogens is 304 g/mol. The van der Waals surface area contributed by atoms with E-state index in [1.165, 1.54) is 55.5 Å². The van der Waals surface area contributed by atoms with Crippen LogP contribution in [0.25, 0.3) is 0 Å². The van der Waals surface area contributed by atoms with Crippen LogP contribution in [0.1, 0.15) is 49.0 Å². The summed E-state index contributed by atoms with van der Waals surface area (Å²) in [4.78, 5) is 28.5. The van der Waals surface area contributed by atoms with Gasteiger partial charge in [-0.05, 0) is 37.8 Å². The minimum Gasteiger partial charge on any atom is -0.336 e. The molecule has 1 aromatic heterocycles. The first-order valence-corrected chi connectivity index (χ1v) is 9.19. The summed E-state index contributed by atoms with van der Waals surface area (Å²) in [7, 11) is 1.58. The summed E-state index contributed by atoms with van der Waals surface area (Å²) < 4.78 is 1.22. The number of hydrogen-bond acceptors (Lipinski definition) is 4. The number of amides is 1. The van der Waals surface area contributed by atoms with Crippen LogP contribution < -0.4 is 5.56 Å². The number of rotatable bonds is 3. The summed E-state index contributed by atoms with van der Waals surface area (Å²) in [6.07, 6.45) is 7.88. The average molecular weight is 332 g/mol. The Labute approximate surface area is 143 Å². The minimum absolute atomic E-state index is 0.0647. The van der Waals surface area contributed by atoms with Gasteiger partial charge in [0.2, 0.25) is 0 Å². The van der Waals surface area contributed by atoms with Crippen molar-refractivity contribution < 1.29 is 4.79 Å². The summed E-state index contributed by atoms with van der Waals surface area (Å²) in [5.41, 5.74) is 0.166. The Hall–Kier alpha value is -1.69. The molecule has 3 rings (SSSR count). The first-order chi connectivity index (χ1) is 11.6. The van der Waals surface area contributed by atoms with Gasteiger partial charge in [0.25, 0.3) is 11.5 Å². The Morgan fingerprint density at radius 2 is 1.88 bits per heavy atom. The van der Waals surface area contributed by atoms with E-state index < -0.39 is 0 Å². The van der Waals surface area contributed by atoms with Gasteiger partial charge in [0.1, 0.15) is 5.69 Å². The number of aromatic nitrogens is 2. The van der Waals surface area contributed by atoms with E-state index in [0.29, 0.717) is 5.69 Å². The molecule has 0 aromatic carbocycles. The molecule has 1 aliphatic heterocycles. The molecule has 2 heterocycles. The molecule has 6 heteroatoms. The van der Waals surface area contributed by atoms with Crippen molar-refractivity contribution in [3.63, 3.8) is 0 Å². The molecule has 132 valence electrons. The van der Waals surface area contributed by atoms with Gasteiger partial charge in [-0.3, -0.25) is 9.59 Å². The number of carbonyl (C=O) groups is 1. The summed E-state index contributed by atoms with van der Waals surface area (Å²) in [6.45, 7) is 4.70. The maximum Gasteiger partial charge on any atom is 0.274 e. The van der Waals surface area contributed by atoms with Gasteiger partial charge in [-0.2, -0.15) is 5.10 Å². The van der Waals surface area contributed by atoms with E-state index in [9.17, 15) is 9.59 Å². The van der Waals surface area contributed by atoms with Crippen molar-refractivity contribution in [1.29, 1.82) is 0 Å². The highest BCUT2D eigenvalue weighted by Crippen LogP contribution is 2.24. The molecule has 0 bridgehead atoms. The molecule has 2 fully saturated rings.